The second-order valence-electron chi connectivity index (χ2n) is 5.07. The minimum absolute atomic E-state index is 0.470. The number of pyridine rings is 1. The Morgan fingerprint density at radius 1 is 1.53 bits per heavy atom. The van der Waals surface area contributed by atoms with Gasteiger partial charge >= 0.3 is 0 Å². The molecule has 1 saturated heterocycles. The first-order valence-electron chi connectivity index (χ1n) is 6.01. The van der Waals surface area contributed by atoms with Gasteiger partial charge in [-0.25, -0.2) is 4.98 Å². The number of hydrogen-bond donors (Lipinski definition) is 1. The van der Waals surface area contributed by atoms with Gasteiger partial charge in [-0.1, -0.05) is 0 Å². The van der Waals surface area contributed by atoms with Crippen molar-refractivity contribution in [2.24, 2.45) is 0 Å². The lowest BCUT2D eigenvalue weighted by Gasteiger charge is -2.42. The largest absolute Gasteiger partial charge is 0.388 e. The number of rotatable bonds is 2. The molecule has 2 rings (SSSR count). The van der Waals surface area contributed by atoms with Crippen LogP contribution in [0.4, 0.5) is 5.69 Å². The summed E-state index contributed by atoms with van der Waals surface area (Å²) in [4.78, 5) is 6.64. The fourth-order valence-electron chi connectivity index (χ4n) is 2.29. The molecule has 1 aromatic heterocycles. The van der Waals surface area contributed by atoms with E-state index < -0.39 is 5.60 Å². The van der Waals surface area contributed by atoms with Crippen molar-refractivity contribution in [3.63, 3.8) is 0 Å². The zero-order chi connectivity index (χ0) is 12.5. The van der Waals surface area contributed by atoms with Crippen LogP contribution in [0.1, 0.15) is 26.7 Å². The molecule has 0 amide bonds. The molecule has 0 saturated carbocycles. The normalized spacial score (nSPS) is 29.4. The van der Waals surface area contributed by atoms with Crippen molar-refractivity contribution in [1.82, 2.24) is 4.98 Å². The molecule has 94 valence electrons. The Bertz CT molecular complexity index is 378. The zero-order valence-corrected chi connectivity index (χ0v) is 11.5. The van der Waals surface area contributed by atoms with Crippen molar-refractivity contribution >= 4 is 17.4 Å². The predicted molar refractivity (Wildman–Crippen MR) is 72.7 cm³/mol. The van der Waals surface area contributed by atoms with Gasteiger partial charge in [0, 0.05) is 12.6 Å². The van der Waals surface area contributed by atoms with Crippen LogP contribution in [-0.2, 0) is 0 Å². The third-order valence-corrected chi connectivity index (χ3v) is 4.07. The van der Waals surface area contributed by atoms with Gasteiger partial charge in [0.1, 0.15) is 0 Å². The van der Waals surface area contributed by atoms with E-state index in [-0.39, 0.29) is 0 Å². The van der Waals surface area contributed by atoms with Crippen LogP contribution in [-0.4, -0.2) is 34.5 Å². The molecule has 1 fully saturated rings. The molecule has 1 N–H and O–H groups in total. The van der Waals surface area contributed by atoms with Crippen molar-refractivity contribution in [2.75, 3.05) is 17.7 Å². The highest BCUT2D eigenvalue weighted by atomic mass is 32.2. The molecule has 0 radical (unpaired) electrons. The van der Waals surface area contributed by atoms with Gasteiger partial charge in [-0.3, -0.25) is 0 Å². The molecule has 0 bridgehead atoms. The molecule has 2 heterocycles. The summed E-state index contributed by atoms with van der Waals surface area (Å²) in [7, 11) is 0. The number of β-amino-alcohol motifs (C(OH)–C–C–N with tert-alkyl or cyclic N) is 1. The van der Waals surface area contributed by atoms with E-state index in [1.165, 1.54) is 0 Å². The maximum Gasteiger partial charge on any atom is 0.0958 e. The van der Waals surface area contributed by atoms with Crippen LogP contribution < -0.4 is 4.90 Å². The molecule has 0 aliphatic carbocycles. The van der Waals surface area contributed by atoms with E-state index in [1.807, 2.05) is 25.4 Å². The molecule has 4 heteroatoms. The fourth-order valence-corrected chi connectivity index (χ4v) is 2.65. The lowest BCUT2D eigenvalue weighted by molar-refractivity contribution is 0.0378. The molecule has 0 aromatic carbocycles. The standard InChI is InChI=1S/C13H20N2OS/c1-10-6-7-13(2,16)9-15(10)11-4-5-12(17-3)14-8-11/h4-5,8,10,16H,6-7,9H2,1-3H3. The molecule has 0 spiro atoms. The highest BCUT2D eigenvalue weighted by molar-refractivity contribution is 7.98. The summed E-state index contributed by atoms with van der Waals surface area (Å²) >= 11 is 1.65. The van der Waals surface area contributed by atoms with Crippen LogP contribution in [0.25, 0.3) is 0 Å². The van der Waals surface area contributed by atoms with E-state index in [9.17, 15) is 5.11 Å². The zero-order valence-electron chi connectivity index (χ0n) is 10.7. The third-order valence-electron chi connectivity index (χ3n) is 3.41. The molecule has 2 unspecified atom stereocenters. The van der Waals surface area contributed by atoms with Crippen LogP contribution >= 0.6 is 11.8 Å². The molecular weight excluding hydrogens is 232 g/mol. The van der Waals surface area contributed by atoms with Gasteiger partial charge in [-0.15, -0.1) is 11.8 Å². The monoisotopic (exact) mass is 252 g/mol. The molecule has 3 nitrogen and oxygen atoms in total. The molecule has 1 aliphatic rings. The molecule has 1 aliphatic heterocycles. The molecule has 17 heavy (non-hydrogen) atoms. The maximum absolute atomic E-state index is 10.2. The quantitative estimate of drug-likeness (QED) is 0.821. The van der Waals surface area contributed by atoms with Gasteiger partial charge in [0.15, 0.2) is 0 Å². The van der Waals surface area contributed by atoms with Gasteiger partial charge in [-0.05, 0) is 45.1 Å². The minimum Gasteiger partial charge on any atom is -0.388 e. The van der Waals surface area contributed by atoms with Gasteiger partial charge in [0.2, 0.25) is 0 Å². The number of anilines is 1. The Labute approximate surface area is 107 Å². The molecule has 1 aromatic rings. The fraction of sp³-hybridized carbons (Fsp3) is 0.615. The van der Waals surface area contributed by atoms with Crippen molar-refractivity contribution in [3.05, 3.63) is 18.3 Å². The highest BCUT2D eigenvalue weighted by Gasteiger charge is 2.32. The van der Waals surface area contributed by atoms with Crippen LogP contribution in [0.3, 0.4) is 0 Å². The summed E-state index contributed by atoms with van der Waals surface area (Å²) in [6.45, 7) is 4.81. The number of hydrogen-bond acceptors (Lipinski definition) is 4. The average Bonchev–Trinajstić information content (AvgIpc) is 2.33. The van der Waals surface area contributed by atoms with Crippen LogP contribution in [0.5, 0.6) is 0 Å². The number of thioether (sulfide) groups is 1. The van der Waals surface area contributed by atoms with Crippen molar-refractivity contribution in [3.8, 4) is 0 Å². The van der Waals surface area contributed by atoms with Crippen molar-refractivity contribution in [1.29, 1.82) is 0 Å². The number of nitrogens with zero attached hydrogens (tertiary/aromatic N) is 2. The summed E-state index contributed by atoms with van der Waals surface area (Å²) in [6, 6.07) is 4.60. The second-order valence-corrected chi connectivity index (χ2v) is 5.90. The van der Waals surface area contributed by atoms with Crippen molar-refractivity contribution in [2.45, 2.75) is 43.4 Å². The Morgan fingerprint density at radius 2 is 2.29 bits per heavy atom. The average molecular weight is 252 g/mol. The van der Waals surface area contributed by atoms with Crippen LogP contribution in [0.2, 0.25) is 0 Å². The summed E-state index contributed by atoms with van der Waals surface area (Å²) < 4.78 is 0. The Kier molecular flexibility index (Phi) is 3.64. The lowest BCUT2D eigenvalue weighted by Crippen LogP contribution is -2.50. The van der Waals surface area contributed by atoms with E-state index in [0.717, 1.165) is 23.6 Å². The Morgan fingerprint density at radius 3 is 2.88 bits per heavy atom. The smallest absolute Gasteiger partial charge is 0.0958 e. The lowest BCUT2D eigenvalue weighted by atomic mass is 9.90. The highest BCUT2D eigenvalue weighted by Crippen LogP contribution is 2.29. The minimum atomic E-state index is -0.579. The SMILES string of the molecule is CSc1ccc(N2CC(C)(O)CCC2C)cn1. The summed E-state index contributed by atoms with van der Waals surface area (Å²) in [6.07, 6.45) is 5.83. The van der Waals surface area contributed by atoms with E-state index >= 15 is 0 Å². The van der Waals surface area contributed by atoms with E-state index in [0.29, 0.717) is 12.6 Å². The number of aromatic nitrogens is 1. The Balaban J connectivity index is 2.18. The first-order chi connectivity index (χ1) is 8.02. The first kappa shape index (κ1) is 12.7. The van der Waals surface area contributed by atoms with Gasteiger partial charge in [-0.2, -0.15) is 0 Å². The van der Waals surface area contributed by atoms with E-state index in [2.05, 4.69) is 22.9 Å². The number of aliphatic hydroxyl groups is 1. The van der Waals surface area contributed by atoms with Gasteiger partial charge in [0.25, 0.3) is 0 Å². The first-order valence-corrected chi connectivity index (χ1v) is 7.23. The second kappa shape index (κ2) is 4.86. The van der Waals surface area contributed by atoms with Crippen LogP contribution in [0, 0.1) is 0 Å². The van der Waals surface area contributed by atoms with Gasteiger partial charge in [0.05, 0.1) is 22.5 Å². The summed E-state index contributed by atoms with van der Waals surface area (Å²) in [5.74, 6) is 0. The third kappa shape index (κ3) is 2.93. The predicted octanol–water partition coefficient (Wildman–Crippen LogP) is 2.54. The van der Waals surface area contributed by atoms with Gasteiger partial charge < -0.3 is 10.0 Å². The van der Waals surface area contributed by atoms with Crippen LogP contribution in [0.15, 0.2) is 23.4 Å². The maximum atomic E-state index is 10.2. The number of piperidine rings is 1. The molecular formula is C13H20N2OS. The van der Waals surface area contributed by atoms with Crippen molar-refractivity contribution < 1.29 is 5.11 Å². The Hall–Kier alpha value is -0.740. The van der Waals surface area contributed by atoms with E-state index in [4.69, 9.17) is 0 Å². The summed E-state index contributed by atoms with van der Waals surface area (Å²) in [5.41, 5.74) is 0.528. The van der Waals surface area contributed by atoms with E-state index in [1.54, 1.807) is 11.8 Å². The topological polar surface area (TPSA) is 36.4 Å². The summed E-state index contributed by atoms with van der Waals surface area (Å²) in [5, 5.41) is 11.2. The molecule has 2 atom stereocenters.